The van der Waals surface area contributed by atoms with Crippen LogP contribution in [0.25, 0.3) is 0 Å². The van der Waals surface area contributed by atoms with Gasteiger partial charge in [-0.05, 0) is 0 Å². The molecule has 5 N–H and O–H groups in total. The van der Waals surface area contributed by atoms with Gasteiger partial charge in [0.15, 0.2) is 6.10 Å². The van der Waals surface area contributed by atoms with E-state index in [4.69, 9.17) is 19.3 Å². The predicted molar refractivity (Wildman–Crippen MR) is 83.9 cm³/mol. The topological polar surface area (TPSA) is 189 Å². The summed E-state index contributed by atoms with van der Waals surface area (Å²) >= 11 is 0. The zero-order valence-corrected chi connectivity index (χ0v) is 14.9. The first-order valence-corrected chi connectivity index (χ1v) is 7.94. The summed E-state index contributed by atoms with van der Waals surface area (Å²) in [4.78, 5) is 44.9. The smallest absolute Gasteiger partial charge is 0.364 e. The second kappa shape index (κ2) is 9.08. The van der Waals surface area contributed by atoms with Gasteiger partial charge in [-0.3, -0.25) is 14.4 Å². The summed E-state index contributed by atoms with van der Waals surface area (Å²) in [6.45, 7) is 2.59. The Bertz CT molecular complexity index is 594. The summed E-state index contributed by atoms with van der Waals surface area (Å²) in [5.41, 5.74) is 0. The summed E-state index contributed by atoms with van der Waals surface area (Å²) in [7, 11) is 0. The lowest BCUT2D eigenvalue weighted by Gasteiger charge is -2.45. The second-order valence-corrected chi connectivity index (χ2v) is 6.11. The number of aliphatic hydroxyl groups is 3. The zero-order chi connectivity index (χ0) is 20.9. The standard InChI is InChI=1S/C15H23NO11/c1-6(17)16-11-9(20)4-15(24,14(22)23)27-13(11)12(21)10(26-8(3)19)5-25-7(2)18/h9-13,20-21,24H,4-5H2,1-3H3,(H,16,17)(H,22,23)/t9-,10+,11+,12+,13+,15?/m0/s1. The van der Waals surface area contributed by atoms with E-state index in [1.54, 1.807) is 0 Å². The Kier molecular flexibility index (Phi) is 7.65. The molecule has 154 valence electrons. The number of carboxylic acids is 1. The van der Waals surface area contributed by atoms with E-state index in [0.717, 1.165) is 20.8 Å². The second-order valence-electron chi connectivity index (χ2n) is 6.11. The molecule has 6 atom stereocenters. The molecule has 0 aromatic rings. The molecule has 1 unspecified atom stereocenters. The van der Waals surface area contributed by atoms with Crippen LogP contribution in [0.5, 0.6) is 0 Å². The van der Waals surface area contributed by atoms with Gasteiger partial charge in [-0.2, -0.15) is 0 Å². The summed E-state index contributed by atoms with van der Waals surface area (Å²) in [6, 6.07) is -1.34. The maximum absolute atomic E-state index is 11.4. The van der Waals surface area contributed by atoms with Gasteiger partial charge in [-0.1, -0.05) is 0 Å². The minimum Gasteiger partial charge on any atom is -0.477 e. The third-order valence-corrected chi connectivity index (χ3v) is 3.78. The van der Waals surface area contributed by atoms with Crippen LogP contribution in [-0.2, 0) is 33.4 Å². The molecule has 1 amide bonds. The van der Waals surface area contributed by atoms with Crippen molar-refractivity contribution in [3.63, 3.8) is 0 Å². The van der Waals surface area contributed by atoms with E-state index in [-0.39, 0.29) is 0 Å². The van der Waals surface area contributed by atoms with Crippen molar-refractivity contribution in [2.75, 3.05) is 6.61 Å². The number of ether oxygens (including phenoxy) is 3. The number of amides is 1. The molecule has 1 fully saturated rings. The molecule has 1 aliphatic rings. The molecular formula is C15H23NO11. The molecule has 0 bridgehead atoms. The van der Waals surface area contributed by atoms with Gasteiger partial charge < -0.3 is 40.0 Å². The summed E-state index contributed by atoms with van der Waals surface area (Å²) in [5, 5.41) is 42.2. The zero-order valence-electron chi connectivity index (χ0n) is 14.9. The Morgan fingerprint density at radius 1 is 1.22 bits per heavy atom. The number of aliphatic carboxylic acids is 1. The van der Waals surface area contributed by atoms with E-state index in [9.17, 15) is 34.5 Å². The van der Waals surface area contributed by atoms with Crippen LogP contribution < -0.4 is 5.32 Å². The van der Waals surface area contributed by atoms with Crippen LogP contribution in [0.3, 0.4) is 0 Å². The first-order valence-electron chi connectivity index (χ1n) is 7.94. The molecule has 0 radical (unpaired) electrons. The number of nitrogens with one attached hydrogen (secondary N) is 1. The van der Waals surface area contributed by atoms with Gasteiger partial charge in [-0.15, -0.1) is 0 Å². The monoisotopic (exact) mass is 393 g/mol. The Morgan fingerprint density at radius 3 is 2.26 bits per heavy atom. The number of esters is 2. The highest BCUT2D eigenvalue weighted by molar-refractivity contribution is 5.76. The highest BCUT2D eigenvalue weighted by Crippen LogP contribution is 2.31. The normalized spacial score (nSPS) is 29.9. The first-order chi connectivity index (χ1) is 12.4. The average molecular weight is 393 g/mol. The van der Waals surface area contributed by atoms with Crippen molar-refractivity contribution >= 4 is 23.8 Å². The average Bonchev–Trinajstić information content (AvgIpc) is 2.52. The number of rotatable bonds is 7. The van der Waals surface area contributed by atoms with Crippen molar-refractivity contribution in [1.82, 2.24) is 5.32 Å². The van der Waals surface area contributed by atoms with E-state index in [1.165, 1.54) is 0 Å². The fourth-order valence-corrected chi connectivity index (χ4v) is 2.64. The van der Waals surface area contributed by atoms with E-state index in [0.29, 0.717) is 0 Å². The predicted octanol–water partition coefficient (Wildman–Crippen LogP) is -2.73. The third-order valence-electron chi connectivity index (χ3n) is 3.78. The van der Waals surface area contributed by atoms with Crippen LogP contribution in [-0.4, -0.2) is 87.1 Å². The SMILES string of the molecule is CC(=O)N[C@H]1[C@H]([C@H](O)[C@@H](COC(C)=O)OC(C)=O)OC(O)(C(=O)O)C[C@@H]1O. The van der Waals surface area contributed by atoms with Crippen molar-refractivity contribution in [3.05, 3.63) is 0 Å². The molecule has 12 heteroatoms. The van der Waals surface area contributed by atoms with Gasteiger partial charge in [0.2, 0.25) is 5.91 Å². The maximum Gasteiger partial charge on any atom is 0.364 e. The first kappa shape index (κ1) is 22.8. The molecule has 12 nitrogen and oxygen atoms in total. The number of carboxylic acid groups (broad SMARTS) is 1. The highest BCUT2D eigenvalue weighted by atomic mass is 16.7. The van der Waals surface area contributed by atoms with Crippen LogP contribution in [0.1, 0.15) is 27.2 Å². The van der Waals surface area contributed by atoms with Crippen LogP contribution >= 0.6 is 0 Å². The van der Waals surface area contributed by atoms with E-state index < -0.39 is 73.1 Å². The largest absolute Gasteiger partial charge is 0.477 e. The number of hydrogen-bond donors (Lipinski definition) is 5. The summed E-state index contributed by atoms with van der Waals surface area (Å²) in [6.07, 6.45) is -7.51. The minimum atomic E-state index is -2.86. The lowest BCUT2D eigenvalue weighted by Crippen LogP contribution is -2.67. The number of carbonyl (C=O) groups excluding carboxylic acids is 3. The molecule has 0 aromatic heterocycles. The van der Waals surface area contributed by atoms with E-state index in [2.05, 4.69) is 5.32 Å². The Labute approximate surface area is 154 Å². The van der Waals surface area contributed by atoms with Gasteiger partial charge in [0, 0.05) is 27.2 Å². The van der Waals surface area contributed by atoms with Crippen molar-refractivity contribution in [2.45, 2.75) is 63.4 Å². The number of hydrogen-bond acceptors (Lipinski definition) is 10. The Balaban J connectivity index is 3.18. The molecule has 0 saturated carbocycles. The van der Waals surface area contributed by atoms with Crippen molar-refractivity contribution in [1.29, 1.82) is 0 Å². The van der Waals surface area contributed by atoms with Crippen LogP contribution in [0.15, 0.2) is 0 Å². The lowest BCUT2D eigenvalue weighted by atomic mass is 9.88. The van der Waals surface area contributed by atoms with E-state index in [1.807, 2.05) is 0 Å². The molecule has 1 aliphatic heterocycles. The fraction of sp³-hybridized carbons (Fsp3) is 0.733. The van der Waals surface area contributed by atoms with Crippen LogP contribution in [0.4, 0.5) is 0 Å². The minimum absolute atomic E-state index is 0.607. The molecule has 1 saturated heterocycles. The molecule has 0 aliphatic carbocycles. The summed E-state index contributed by atoms with van der Waals surface area (Å²) in [5.74, 6) is -6.92. The Hall–Kier alpha value is -2.28. The van der Waals surface area contributed by atoms with Gasteiger partial charge in [0.1, 0.15) is 18.8 Å². The molecule has 27 heavy (non-hydrogen) atoms. The lowest BCUT2D eigenvalue weighted by molar-refractivity contribution is -0.295. The number of carbonyl (C=O) groups is 4. The van der Waals surface area contributed by atoms with Gasteiger partial charge in [0.05, 0.1) is 12.1 Å². The van der Waals surface area contributed by atoms with Gasteiger partial charge in [0.25, 0.3) is 5.79 Å². The fourth-order valence-electron chi connectivity index (χ4n) is 2.64. The molecule has 0 aromatic carbocycles. The molecule has 1 heterocycles. The van der Waals surface area contributed by atoms with E-state index >= 15 is 0 Å². The molecule has 0 spiro atoms. The Morgan fingerprint density at radius 2 is 1.81 bits per heavy atom. The number of aliphatic hydroxyl groups excluding tert-OH is 2. The van der Waals surface area contributed by atoms with Crippen molar-refractivity contribution < 1.29 is 53.8 Å². The molecular weight excluding hydrogens is 370 g/mol. The van der Waals surface area contributed by atoms with Crippen molar-refractivity contribution in [3.8, 4) is 0 Å². The third kappa shape index (κ3) is 6.13. The quantitative estimate of drug-likeness (QED) is 0.282. The highest BCUT2D eigenvalue weighted by Gasteiger charge is 2.54. The van der Waals surface area contributed by atoms with Gasteiger partial charge in [-0.25, -0.2) is 4.79 Å². The molecule has 1 rings (SSSR count). The van der Waals surface area contributed by atoms with Crippen LogP contribution in [0.2, 0.25) is 0 Å². The van der Waals surface area contributed by atoms with Crippen LogP contribution in [0, 0.1) is 0 Å². The summed E-state index contributed by atoms with van der Waals surface area (Å²) < 4.78 is 14.6. The van der Waals surface area contributed by atoms with Crippen molar-refractivity contribution in [2.24, 2.45) is 0 Å². The maximum atomic E-state index is 11.4. The van der Waals surface area contributed by atoms with Gasteiger partial charge >= 0.3 is 17.9 Å².